The number of nitrogens with zero attached hydrogens (tertiary/aromatic N) is 2. The van der Waals surface area contributed by atoms with Crippen molar-refractivity contribution in [2.24, 2.45) is 24.1 Å². The van der Waals surface area contributed by atoms with Crippen LogP contribution in [-0.4, -0.2) is 16.3 Å². The Balaban J connectivity index is 2.41. The van der Waals surface area contributed by atoms with Crippen LogP contribution in [0.1, 0.15) is 31.0 Å². The fraction of sp³-hybridized carbons (Fsp3) is 0.727. The molecule has 0 amide bonds. The average Bonchev–Trinajstić information content (AvgIpc) is 2.51. The van der Waals surface area contributed by atoms with E-state index in [1.807, 2.05) is 13.8 Å². The van der Waals surface area contributed by atoms with Crippen LogP contribution in [0.15, 0.2) is 6.20 Å². The predicted molar refractivity (Wildman–Crippen MR) is 57.3 cm³/mol. The van der Waals surface area contributed by atoms with Crippen molar-refractivity contribution in [1.29, 1.82) is 0 Å². The summed E-state index contributed by atoms with van der Waals surface area (Å²) >= 11 is 0. The molecule has 96 valence electrons. The highest BCUT2D eigenvalue weighted by molar-refractivity contribution is 5.35. The molecule has 0 spiro atoms. The summed E-state index contributed by atoms with van der Waals surface area (Å²) in [6.45, 7) is 4.30. The van der Waals surface area contributed by atoms with Crippen LogP contribution in [0.25, 0.3) is 0 Å². The Bertz CT molecular complexity index is 434. The summed E-state index contributed by atoms with van der Waals surface area (Å²) in [6.07, 6.45) is -2.93. The van der Waals surface area contributed by atoms with Crippen LogP contribution < -0.4 is 5.73 Å². The Morgan fingerprint density at radius 3 is 2.47 bits per heavy atom. The summed E-state index contributed by atoms with van der Waals surface area (Å²) < 4.78 is 39.7. The van der Waals surface area contributed by atoms with Gasteiger partial charge < -0.3 is 5.73 Å². The van der Waals surface area contributed by atoms with E-state index in [1.54, 1.807) is 0 Å². The molecule has 2 N–H and O–H groups in total. The Kier molecular flexibility index (Phi) is 2.54. The third-order valence-corrected chi connectivity index (χ3v) is 3.77. The molecule has 2 unspecified atom stereocenters. The zero-order chi connectivity index (χ0) is 13.0. The summed E-state index contributed by atoms with van der Waals surface area (Å²) in [5, 5.41) is 3.53. The molecule has 0 radical (unpaired) electrons. The van der Waals surface area contributed by atoms with Gasteiger partial charge in [-0.1, -0.05) is 13.8 Å². The van der Waals surface area contributed by atoms with Crippen molar-refractivity contribution in [3.8, 4) is 0 Å². The van der Waals surface area contributed by atoms with Gasteiger partial charge in [0, 0.05) is 18.8 Å². The molecule has 1 aliphatic rings. The van der Waals surface area contributed by atoms with Gasteiger partial charge in [0.15, 0.2) is 5.69 Å². The summed E-state index contributed by atoms with van der Waals surface area (Å²) in [6, 6.07) is 0. The van der Waals surface area contributed by atoms with E-state index >= 15 is 0 Å². The highest BCUT2D eigenvalue weighted by atomic mass is 19.4. The molecule has 0 aliphatic heterocycles. The standard InChI is InChI=1S/C11H16F3N3/c1-10(2)7(4-15)8(10)6-5-17(3)16-9(6)11(12,13)14/h5,7-8H,4,15H2,1-3H3. The maximum Gasteiger partial charge on any atom is 0.435 e. The first kappa shape index (κ1) is 12.4. The van der Waals surface area contributed by atoms with E-state index in [2.05, 4.69) is 5.10 Å². The molecule has 2 atom stereocenters. The molecule has 1 aromatic rings. The van der Waals surface area contributed by atoms with E-state index in [9.17, 15) is 13.2 Å². The second-order valence-corrected chi connectivity index (χ2v) is 5.25. The van der Waals surface area contributed by atoms with Gasteiger partial charge in [-0.15, -0.1) is 0 Å². The second-order valence-electron chi connectivity index (χ2n) is 5.25. The average molecular weight is 247 g/mol. The monoisotopic (exact) mass is 247 g/mol. The van der Waals surface area contributed by atoms with Gasteiger partial charge >= 0.3 is 6.18 Å². The first-order valence-corrected chi connectivity index (χ1v) is 5.50. The molecule has 1 aliphatic carbocycles. The number of rotatable bonds is 2. The first-order chi connectivity index (χ1) is 7.69. The van der Waals surface area contributed by atoms with E-state index in [4.69, 9.17) is 5.73 Å². The number of halogens is 3. The number of aromatic nitrogens is 2. The van der Waals surface area contributed by atoms with Gasteiger partial charge in [-0.05, 0) is 23.8 Å². The molecule has 17 heavy (non-hydrogen) atoms. The van der Waals surface area contributed by atoms with E-state index in [-0.39, 0.29) is 22.8 Å². The Hall–Kier alpha value is -1.04. The molecule has 2 rings (SSSR count). The smallest absolute Gasteiger partial charge is 0.330 e. The minimum atomic E-state index is -4.39. The van der Waals surface area contributed by atoms with Gasteiger partial charge in [0.25, 0.3) is 0 Å². The highest BCUT2D eigenvalue weighted by Crippen LogP contribution is 2.64. The third kappa shape index (κ3) is 1.84. The van der Waals surface area contributed by atoms with Crippen molar-refractivity contribution < 1.29 is 13.2 Å². The molecule has 1 saturated carbocycles. The van der Waals surface area contributed by atoms with Crippen LogP contribution >= 0.6 is 0 Å². The molecule has 0 saturated heterocycles. The van der Waals surface area contributed by atoms with Crippen molar-refractivity contribution in [3.63, 3.8) is 0 Å². The minimum Gasteiger partial charge on any atom is -0.330 e. The minimum absolute atomic E-state index is 0.104. The van der Waals surface area contributed by atoms with Crippen molar-refractivity contribution >= 4 is 0 Å². The van der Waals surface area contributed by atoms with Crippen LogP contribution in [0.5, 0.6) is 0 Å². The third-order valence-electron chi connectivity index (χ3n) is 3.77. The van der Waals surface area contributed by atoms with Gasteiger partial charge in [-0.25, -0.2) is 0 Å². The van der Waals surface area contributed by atoms with Crippen LogP contribution in [0.4, 0.5) is 13.2 Å². The van der Waals surface area contributed by atoms with Crippen molar-refractivity contribution in [3.05, 3.63) is 17.5 Å². The maximum absolute atomic E-state index is 12.8. The van der Waals surface area contributed by atoms with Gasteiger partial charge in [-0.2, -0.15) is 18.3 Å². The van der Waals surface area contributed by atoms with Crippen LogP contribution in [0.2, 0.25) is 0 Å². The molecular formula is C11H16F3N3. The SMILES string of the molecule is Cn1cc(C2C(CN)C2(C)C)c(C(F)(F)F)n1. The largest absolute Gasteiger partial charge is 0.435 e. The van der Waals surface area contributed by atoms with Crippen LogP contribution in [-0.2, 0) is 13.2 Å². The van der Waals surface area contributed by atoms with Crippen LogP contribution in [0, 0.1) is 11.3 Å². The first-order valence-electron chi connectivity index (χ1n) is 5.50. The maximum atomic E-state index is 12.8. The molecule has 0 aromatic carbocycles. The van der Waals surface area contributed by atoms with Crippen molar-refractivity contribution in [2.75, 3.05) is 6.54 Å². The molecule has 1 aromatic heterocycles. The second kappa shape index (κ2) is 3.48. The number of alkyl halides is 3. The topological polar surface area (TPSA) is 43.8 Å². The van der Waals surface area contributed by atoms with Crippen LogP contribution in [0.3, 0.4) is 0 Å². The van der Waals surface area contributed by atoms with Gasteiger partial charge in [0.05, 0.1) is 0 Å². The molecule has 3 nitrogen and oxygen atoms in total. The molecule has 6 heteroatoms. The molecule has 1 fully saturated rings. The quantitative estimate of drug-likeness (QED) is 0.870. The lowest BCUT2D eigenvalue weighted by molar-refractivity contribution is -0.142. The zero-order valence-corrected chi connectivity index (χ0v) is 10.0. The van der Waals surface area contributed by atoms with E-state index in [0.717, 1.165) is 0 Å². The fourth-order valence-corrected chi connectivity index (χ4v) is 2.76. The Morgan fingerprint density at radius 2 is 2.06 bits per heavy atom. The lowest BCUT2D eigenvalue weighted by Crippen LogP contribution is -2.10. The van der Waals surface area contributed by atoms with E-state index < -0.39 is 11.9 Å². The summed E-state index contributed by atoms with van der Waals surface area (Å²) in [5.41, 5.74) is 4.93. The Labute approximate surface area is 97.8 Å². The lowest BCUT2D eigenvalue weighted by atomic mass is 10.0. The number of hydrogen-bond acceptors (Lipinski definition) is 2. The van der Waals surface area contributed by atoms with Gasteiger partial charge in [-0.3, -0.25) is 4.68 Å². The predicted octanol–water partition coefficient (Wildman–Crippen LogP) is 2.14. The molecular weight excluding hydrogens is 231 g/mol. The summed E-state index contributed by atoms with van der Waals surface area (Å²) in [7, 11) is 1.51. The highest BCUT2D eigenvalue weighted by Gasteiger charge is 2.60. The number of hydrogen-bond donors (Lipinski definition) is 1. The molecule has 0 bridgehead atoms. The van der Waals surface area contributed by atoms with Crippen molar-refractivity contribution in [1.82, 2.24) is 9.78 Å². The normalized spacial score (nSPS) is 27.2. The number of nitrogens with two attached hydrogens (primary N) is 1. The molecule has 1 heterocycles. The fourth-order valence-electron chi connectivity index (χ4n) is 2.76. The van der Waals surface area contributed by atoms with E-state index in [0.29, 0.717) is 6.54 Å². The number of aryl methyl sites for hydroxylation is 1. The van der Waals surface area contributed by atoms with E-state index in [1.165, 1.54) is 17.9 Å². The lowest BCUT2D eigenvalue weighted by Gasteiger charge is -2.06. The van der Waals surface area contributed by atoms with Crippen molar-refractivity contribution in [2.45, 2.75) is 25.9 Å². The summed E-state index contributed by atoms with van der Waals surface area (Å²) in [5.74, 6) is -0.0365. The van der Waals surface area contributed by atoms with Gasteiger partial charge in [0.2, 0.25) is 0 Å². The van der Waals surface area contributed by atoms with Gasteiger partial charge in [0.1, 0.15) is 0 Å². The Morgan fingerprint density at radius 1 is 1.47 bits per heavy atom. The summed E-state index contributed by atoms with van der Waals surface area (Å²) in [4.78, 5) is 0. The zero-order valence-electron chi connectivity index (χ0n) is 10.0.